The molecule has 5 aliphatic carbocycles. The molecule has 0 aromatic heterocycles. The number of rotatable bonds is 17. The van der Waals surface area contributed by atoms with E-state index in [9.17, 15) is 90.7 Å². The number of carbonyl (C=O) groups is 4. The molecule has 0 aromatic rings. The molecule has 0 unspecified atom stereocenters. The van der Waals surface area contributed by atoms with Crippen LogP contribution < -0.4 is 0 Å². The normalized spacial score (nSPS) is 50.5. The molecule has 10 rings (SSSR count). The molecule has 5 saturated heterocycles. The Morgan fingerprint density at radius 1 is 0.532 bits per heavy atom. The quantitative estimate of drug-likeness (QED) is 0.0297. The third-order valence-electron chi connectivity index (χ3n) is 23.5. The summed E-state index contributed by atoms with van der Waals surface area (Å²) < 4.78 is 79.2. The van der Waals surface area contributed by atoms with Crippen molar-refractivity contribution in [2.75, 3.05) is 33.0 Å². The highest BCUT2D eigenvalue weighted by Crippen LogP contribution is 2.76. The molecule has 10 aliphatic rings. The predicted octanol–water partition coefficient (Wildman–Crippen LogP) is -3.10. The summed E-state index contributed by atoms with van der Waals surface area (Å²) in [5.74, 6) is -5.10. The Morgan fingerprint density at radius 3 is 1.68 bits per heavy atom. The van der Waals surface area contributed by atoms with E-state index in [1.807, 2.05) is 34.6 Å². The maximum Gasteiger partial charge on any atom is 0.335 e. The molecule has 33 atom stereocenters. The second kappa shape index (κ2) is 27.3. The fourth-order valence-corrected chi connectivity index (χ4v) is 18.6. The standard InChI is InChI=1S/C63H98O31/c1-24(67)84-32-22-83-56(48(86-26(3)69)44(32)85-25(2)68)90-36-18-58(4,5)17-28-27-11-12-34-60(8)15-14-35(59(6,7)33(60)13-16-61(34,9)62(27,10)50(78)51(79)63(28,36)23-66)89-57-49(94-55-43(77)40(74)38(72)30(19-64)87-55)46(91-53-41(75)37(71)29(70)21-82-53)45(47(93-57)52(80)81)92-54-42(76)39(73)31(20-65)88-54/h11,28-51,53-57,64-66,70-79H,12-23H2,1-10H3,(H,80,81)/t28-,29-,30+,31-,32-,33-,34+,35-,36-,37-,38-,39-,40-,41+,42+,43+,44-,45-,46-,47-,48+,49+,50-,51+,53-,54-,55-,56-,57+,60-,61+,62-,63+/m0/s1. The Hall–Kier alpha value is -3.30. The molecule has 0 spiro atoms. The molecule has 5 aliphatic heterocycles. The maximum atomic E-state index is 13.6. The Bertz CT molecular complexity index is 2750. The number of esters is 3. The van der Waals surface area contributed by atoms with Crippen LogP contribution in [0.2, 0.25) is 0 Å². The zero-order valence-electron chi connectivity index (χ0n) is 54.5. The van der Waals surface area contributed by atoms with Crippen LogP contribution in [0.4, 0.5) is 0 Å². The minimum absolute atomic E-state index is 0.211. The summed E-state index contributed by atoms with van der Waals surface area (Å²) in [5, 5.41) is 157. The highest BCUT2D eigenvalue weighted by atomic mass is 16.8. The van der Waals surface area contributed by atoms with Gasteiger partial charge in [-0.2, -0.15) is 0 Å². The van der Waals surface area contributed by atoms with E-state index in [0.29, 0.717) is 32.1 Å². The first-order chi connectivity index (χ1) is 44.0. The zero-order chi connectivity index (χ0) is 69.0. The van der Waals surface area contributed by atoms with Crippen molar-refractivity contribution in [2.24, 2.45) is 50.2 Å². The molecule has 0 bridgehead atoms. The lowest BCUT2D eigenvalue weighted by molar-refractivity contribution is -0.401. The third-order valence-corrected chi connectivity index (χ3v) is 23.5. The molecular weight excluding hydrogens is 1250 g/mol. The van der Waals surface area contributed by atoms with Crippen LogP contribution >= 0.6 is 0 Å². The van der Waals surface area contributed by atoms with Gasteiger partial charge in [-0.3, -0.25) is 14.4 Å². The second-order valence-electron chi connectivity index (χ2n) is 29.8. The topological polar surface area (TPSA) is 471 Å². The van der Waals surface area contributed by atoms with E-state index in [1.165, 1.54) is 0 Å². The monoisotopic (exact) mass is 1350 g/mol. The molecule has 31 nitrogen and oxygen atoms in total. The van der Waals surface area contributed by atoms with E-state index in [2.05, 4.69) is 19.9 Å². The number of aliphatic carboxylic acids is 1. The summed E-state index contributed by atoms with van der Waals surface area (Å²) in [7, 11) is 0. The lowest BCUT2D eigenvalue weighted by Crippen LogP contribution is -2.74. The first kappa shape index (κ1) is 73.4. The fraction of sp³-hybridized carbons (Fsp3) is 0.905. The highest BCUT2D eigenvalue weighted by molar-refractivity contribution is 5.73. The Kier molecular flexibility index (Phi) is 21.3. The van der Waals surface area contributed by atoms with E-state index in [1.54, 1.807) is 0 Å². The van der Waals surface area contributed by atoms with Crippen molar-refractivity contribution in [1.29, 1.82) is 0 Å². The van der Waals surface area contributed by atoms with Gasteiger partial charge in [-0.1, -0.05) is 60.1 Å². The summed E-state index contributed by atoms with van der Waals surface area (Å²) in [6, 6.07) is 0. The third kappa shape index (κ3) is 12.5. The van der Waals surface area contributed by atoms with Gasteiger partial charge in [0.25, 0.3) is 0 Å². The van der Waals surface area contributed by atoms with E-state index < -0.39 is 248 Å². The number of fused-ring (bicyclic) bond motifs is 7. The molecule has 31 heteroatoms. The van der Waals surface area contributed by atoms with Gasteiger partial charge in [0.2, 0.25) is 0 Å². The fourth-order valence-electron chi connectivity index (χ4n) is 18.6. The maximum absolute atomic E-state index is 13.6. The molecular formula is C63H98O31. The van der Waals surface area contributed by atoms with Crippen LogP contribution in [-0.2, 0) is 80.8 Å². The Labute approximate surface area is 543 Å². The van der Waals surface area contributed by atoms with Crippen molar-refractivity contribution in [3.63, 3.8) is 0 Å². The summed E-state index contributed by atoms with van der Waals surface area (Å²) in [6.45, 7) is 14.3. The van der Waals surface area contributed by atoms with Crippen LogP contribution in [0.1, 0.15) is 114 Å². The first-order valence-electron chi connectivity index (χ1n) is 32.5. The van der Waals surface area contributed by atoms with Crippen LogP contribution in [-0.4, -0.2) is 288 Å². The van der Waals surface area contributed by atoms with E-state index in [4.69, 9.17) is 61.6 Å². The minimum atomic E-state index is -2.20. The van der Waals surface area contributed by atoms with Crippen LogP contribution in [0, 0.1) is 50.2 Å². The van der Waals surface area contributed by atoms with Gasteiger partial charge >= 0.3 is 23.9 Å². The van der Waals surface area contributed by atoms with Crippen LogP contribution in [0.5, 0.6) is 0 Å². The van der Waals surface area contributed by atoms with Gasteiger partial charge in [0.05, 0.1) is 62.9 Å². The van der Waals surface area contributed by atoms with Gasteiger partial charge in [-0.15, -0.1) is 0 Å². The molecule has 536 valence electrons. The van der Waals surface area contributed by atoms with Crippen LogP contribution in [0.3, 0.4) is 0 Å². The SMILES string of the molecule is CC(=O)O[C@@H]1[C@@H](OC(C)=O)[C@H](O[C@H]2CC(C)(C)C[C@H]3C4=CC[C@@H]5[C@@]6(C)CC[C@H](O[C@@H]7O[C@H](C(=O)O)[C@@H](O[C@@H]8O[C@@H](CO)[C@H](O)[C@H]8O)[C@H](O[C@@H]8OC[C@H](O)[C@H](O)[C@H]8O)[C@H]7O[C@@H]7O[C@H](CO)[C@H](O)[C@H](O)[C@H]7O)C(C)(C)[C@@H]6CC[C@@]5(C)[C@]4(C)[C@@H](O)[C@@H](O)[C@@]23CO)OC[C@@H]1OC(C)=O. The van der Waals surface area contributed by atoms with Crippen LogP contribution in [0.25, 0.3) is 0 Å². The highest BCUT2D eigenvalue weighted by Gasteiger charge is 2.75. The van der Waals surface area contributed by atoms with E-state index >= 15 is 0 Å². The second-order valence-corrected chi connectivity index (χ2v) is 29.8. The molecule has 0 radical (unpaired) electrons. The molecule has 94 heavy (non-hydrogen) atoms. The number of carboxylic acids is 1. The molecule has 0 aromatic carbocycles. The summed E-state index contributed by atoms with van der Waals surface area (Å²) in [5.41, 5.74) is -4.75. The molecule has 0 amide bonds. The Morgan fingerprint density at radius 2 is 1.09 bits per heavy atom. The number of carbonyl (C=O) groups excluding carboxylic acids is 3. The number of ether oxygens (including phenoxy) is 13. The first-order valence-corrected chi connectivity index (χ1v) is 32.5. The van der Waals surface area contributed by atoms with Gasteiger partial charge in [0.1, 0.15) is 79.4 Å². The molecule has 4 saturated carbocycles. The lowest BCUT2D eigenvalue weighted by Gasteiger charge is -2.73. The summed E-state index contributed by atoms with van der Waals surface area (Å²) in [6.07, 6.45) is -40.1. The van der Waals surface area contributed by atoms with Gasteiger partial charge in [-0.25, -0.2) is 4.79 Å². The van der Waals surface area contributed by atoms with Crippen molar-refractivity contribution < 1.29 is 152 Å². The largest absolute Gasteiger partial charge is 0.479 e. The van der Waals surface area contributed by atoms with E-state index in [0.717, 1.165) is 26.3 Å². The van der Waals surface area contributed by atoms with Crippen molar-refractivity contribution in [2.45, 2.75) is 274 Å². The smallest absolute Gasteiger partial charge is 0.335 e. The number of allylic oxidation sites excluding steroid dienone is 1. The molecule has 9 fully saturated rings. The summed E-state index contributed by atoms with van der Waals surface area (Å²) >= 11 is 0. The molecule has 5 heterocycles. The van der Waals surface area contributed by atoms with Crippen molar-refractivity contribution in [3.05, 3.63) is 11.6 Å². The zero-order valence-corrected chi connectivity index (χ0v) is 54.5. The predicted molar refractivity (Wildman–Crippen MR) is 311 cm³/mol. The number of hydrogen-bond acceptors (Lipinski definition) is 30. The van der Waals surface area contributed by atoms with Crippen LogP contribution in [0.15, 0.2) is 11.6 Å². The molecule has 14 N–H and O–H groups in total. The van der Waals surface area contributed by atoms with Gasteiger partial charge < -0.3 is 133 Å². The number of carboxylic acid groups (broad SMARTS) is 1. The van der Waals surface area contributed by atoms with Crippen molar-refractivity contribution in [3.8, 4) is 0 Å². The summed E-state index contributed by atoms with van der Waals surface area (Å²) in [4.78, 5) is 51.2. The number of hydrogen-bond donors (Lipinski definition) is 14. The van der Waals surface area contributed by atoms with Gasteiger partial charge in [0, 0.05) is 26.2 Å². The minimum Gasteiger partial charge on any atom is -0.479 e. The number of aliphatic hydroxyl groups is 13. The van der Waals surface area contributed by atoms with Crippen molar-refractivity contribution >= 4 is 23.9 Å². The van der Waals surface area contributed by atoms with E-state index in [-0.39, 0.29) is 31.3 Å². The number of aliphatic hydroxyl groups excluding tert-OH is 13. The van der Waals surface area contributed by atoms with Gasteiger partial charge in [0.15, 0.2) is 55.9 Å². The Balaban J connectivity index is 0.980. The lowest BCUT2D eigenvalue weighted by atomic mass is 9.32. The average molecular weight is 1350 g/mol. The average Bonchev–Trinajstić information content (AvgIpc) is 0.713. The van der Waals surface area contributed by atoms with Crippen molar-refractivity contribution in [1.82, 2.24) is 0 Å². The van der Waals surface area contributed by atoms with Gasteiger partial charge in [-0.05, 0) is 84.4 Å².